The van der Waals surface area contributed by atoms with Crippen molar-refractivity contribution in [2.75, 3.05) is 0 Å². The summed E-state index contributed by atoms with van der Waals surface area (Å²) in [5, 5.41) is 0. The molecule has 153 valence electrons. The van der Waals surface area contributed by atoms with E-state index in [4.69, 9.17) is 0 Å². The third-order valence-corrected chi connectivity index (χ3v) is 4.65. The topological polar surface area (TPSA) is 0 Å². The summed E-state index contributed by atoms with van der Waals surface area (Å²) in [5.41, 5.74) is 4.45. The molecule has 0 nitrogen and oxygen atoms in total. The van der Waals surface area contributed by atoms with Gasteiger partial charge in [0.25, 0.3) is 0 Å². The average Bonchev–Trinajstić information content (AvgIpc) is 3.47. The smallest absolute Gasteiger partial charge is 0 e. The van der Waals surface area contributed by atoms with Gasteiger partial charge in [0.15, 0.2) is 0 Å². The predicted octanol–water partition coefficient (Wildman–Crippen LogP) is 8.24. The Morgan fingerprint density at radius 3 is 0.821 bits per heavy atom. The third kappa shape index (κ3) is 14.0. The minimum absolute atomic E-state index is 0. The molecule has 0 aliphatic rings. The summed E-state index contributed by atoms with van der Waals surface area (Å²) < 4.78 is 0. The van der Waals surface area contributed by atoms with Gasteiger partial charge in [-0.25, -0.2) is 36.4 Å². The van der Waals surface area contributed by atoms with Gasteiger partial charge in [-0.3, -0.25) is 0 Å². The molecule has 0 unspecified atom stereocenters. The van der Waals surface area contributed by atoms with Gasteiger partial charge in [0.05, 0.1) is 0 Å². The van der Waals surface area contributed by atoms with E-state index in [0.29, 0.717) is 0 Å². The van der Waals surface area contributed by atoms with Crippen LogP contribution in [0.25, 0.3) is 0 Å². The van der Waals surface area contributed by atoms with Crippen molar-refractivity contribution < 1.29 is 25.8 Å². The molecule has 0 aliphatic heterocycles. The quantitative estimate of drug-likeness (QED) is 0.313. The number of aryl methyl sites for hydroxylation is 3. The number of unbranched alkanes of at least 4 members (excludes halogenated alkanes) is 3. The molecular formula is C27H39Sc-3. The molecule has 0 N–H and O–H groups in total. The summed E-state index contributed by atoms with van der Waals surface area (Å²) in [4.78, 5) is 0. The second kappa shape index (κ2) is 19.2. The van der Waals surface area contributed by atoms with E-state index < -0.39 is 0 Å². The fourth-order valence-corrected chi connectivity index (χ4v) is 2.88. The van der Waals surface area contributed by atoms with Crippen LogP contribution in [-0.4, -0.2) is 0 Å². The minimum atomic E-state index is 0. The van der Waals surface area contributed by atoms with Crippen LogP contribution in [0, 0.1) is 0 Å². The summed E-state index contributed by atoms with van der Waals surface area (Å²) in [6.45, 7) is 6.68. The molecule has 28 heavy (non-hydrogen) atoms. The molecule has 3 aromatic rings. The second-order valence-electron chi connectivity index (χ2n) is 7.19. The maximum absolute atomic E-state index is 2.23. The van der Waals surface area contributed by atoms with Crippen molar-refractivity contribution in [1.82, 2.24) is 0 Å². The van der Waals surface area contributed by atoms with Gasteiger partial charge >= 0.3 is 0 Å². The Bertz CT molecular complexity index is 508. The van der Waals surface area contributed by atoms with E-state index in [1.807, 2.05) is 0 Å². The second-order valence-corrected chi connectivity index (χ2v) is 7.19. The zero-order valence-electron chi connectivity index (χ0n) is 18.4. The van der Waals surface area contributed by atoms with Gasteiger partial charge in [0.2, 0.25) is 0 Å². The molecule has 1 radical (unpaired) electrons. The third-order valence-electron chi connectivity index (χ3n) is 4.65. The van der Waals surface area contributed by atoms with Crippen molar-refractivity contribution in [2.24, 2.45) is 0 Å². The first-order valence-electron chi connectivity index (χ1n) is 10.9. The molecule has 0 saturated carbocycles. The van der Waals surface area contributed by atoms with Crippen LogP contribution >= 0.6 is 0 Å². The summed E-state index contributed by atoms with van der Waals surface area (Å²) >= 11 is 0. The minimum Gasteiger partial charge on any atom is -0.213 e. The standard InChI is InChI=1S/3C9H13.Sc/c3*1-2-3-6-9-7-4-5-8-9;/h3*4-5,7-8H,2-3,6H2,1H3;/q3*-1;. The van der Waals surface area contributed by atoms with Gasteiger partial charge < -0.3 is 0 Å². The molecule has 0 saturated heterocycles. The van der Waals surface area contributed by atoms with Crippen LogP contribution in [0.3, 0.4) is 0 Å². The van der Waals surface area contributed by atoms with Gasteiger partial charge in [-0.1, -0.05) is 78.6 Å². The van der Waals surface area contributed by atoms with Crippen LogP contribution in [0.15, 0.2) is 72.8 Å². The van der Waals surface area contributed by atoms with Crippen LogP contribution in [0.1, 0.15) is 76.0 Å². The molecule has 0 heterocycles. The Labute approximate surface area is 193 Å². The molecule has 0 amide bonds. The Kier molecular flexibility index (Phi) is 18.5. The summed E-state index contributed by atoms with van der Waals surface area (Å²) in [5.74, 6) is 0. The van der Waals surface area contributed by atoms with Crippen molar-refractivity contribution in [1.29, 1.82) is 0 Å². The average molecular weight is 409 g/mol. The molecule has 0 aliphatic carbocycles. The van der Waals surface area contributed by atoms with Gasteiger partial charge in [-0.2, -0.15) is 53.1 Å². The molecule has 0 fully saturated rings. The van der Waals surface area contributed by atoms with Crippen molar-refractivity contribution in [3.8, 4) is 0 Å². The normalized spacial score (nSPS) is 9.54. The van der Waals surface area contributed by atoms with Crippen molar-refractivity contribution in [3.05, 3.63) is 89.5 Å². The van der Waals surface area contributed by atoms with Gasteiger partial charge in [0, 0.05) is 25.8 Å². The van der Waals surface area contributed by atoms with E-state index >= 15 is 0 Å². The van der Waals surface area contributed by atoms with E-state index in [1.165, 1.54) is 74.5 Å². The van der Waals surface area contributed by atoms with E-state index in [2.05, 4.69) is 93.6 Å². The number of rotatable bonds is 9. The molecule has 0 spiro atoms. The molecular weight excluding hydrogens is 369 g/mol. The van der Waals surface area contributed by atoms with Crippen LogP contribution in [0.5, 0.6) is 0 Å². The van der Waals surface area contributed by atoms with Gasteiger partial charge in [-0.15, -0.1) is 0 Å². The van der Waals surface area contributed by atoms with E-state index in [0.717, 1.165) is 0 Å². The van der Waals surface area contributed by atoms with E-state index in [-0.39, 0.29) is 25.8 Å². The van der Waals surface area contributed by atoms with Crippen LogP contribution in [0.2, 0.25) is 0 Å². The van der Waals surface area contributed by atoms with E-state index in [9.17, 15) is 0 Å². The van der Waals surface area contributed by atoms with Crippen LogP contribution in [0.4, 0.5) is 0 Å². The fraction of sp³-hybridized carbons (Fsp3) is 0.444. The maximum atomic E-state index is 2.23. The zero-order valence-corrected chi connectivity index (χ0v) is 20.2. The summed E-state index contributed by atoms with van der Waals surface area (Å²) in [7, 11) is 0. The molecule has 0 bridgehead atoms. The monoisotopic (exact) mass is 408 g/mol. The first-order valence-corrected chi connectivity index (χ1v) is 10.9. The molecule has 0 aromatic heterocycles. The van der Waals surface area contributed by atoms with Crippen LogP contribution in [-0.2, 0) is 45.1 Å². The fourth-order valence-electron chi connectivity index (χ4n) is 2.88. The van der Waals surface area contributed by atoms with Gasteiger partial charge in [-0.05, 0) is 0 Å². The molecule has 1 heteroatoms. The first-order chi connectivity index (χ1) is 13.3. The molecule has 0 atom stereocenters. The van der Waals surface area contributed by atoms with Crippen molar-refractivity contribution in [2.45, 2.75) is 78.6 Å². The largest absolute Gasteiger partial charge is 0.213 e. The SMILES string of the molecule is CCCC[c-]1cccc1.CCCC[c-]1cccc1.CCCC[c-]1cccc1.[Sc]. The Balaban J connectivity index is 0.000000384. The first kappa shape index (κ1) is 26.9. The van der Waals surface area contributed by atoms with Crippen LogP contribution < -0.4 is 0 Å². The molecule has 3 aromatic carbocycles. The summed E-state index contributed by atoms with van der Waals surface area (Å²) in [6.07, 6.45) is 11.6. The Morgan fingerprint density at radius 2 is 0.643 bits per heavy atom. The van der Waals surface area contributed by atoms with Gasteiger partial charge in [0.1, 0.15) is 0 Å². The number of hydrogen-bond donors (Lipinski definition) is 0. The summed E-state index contributed by atoms with van der Waals surface area (Å²) in [6, 6.07) is 25.8. The van der Waals surface area contributed by atoms with Crippen molar-refractivity contribution in [3.63, 3.8) is 0 Å². The zero-order chi connectivity index (χ0) is 19.6. The Hall–Kier alpha value is -1.08. The maximum Gasteiger partial charge on any atom is 0 e. The van der Waals surface area contributed by atoms with Crippen molar-refractivity contribution >= 4 is 0 Å². The predicted molar refractivity (Wildman–Crippen MR) is 122 cm³/mol. The number of hydrogen-bond acceptors (Lipinski definition) is 0. The molecule has 3 rings (SSSR count). The Morgan fingerprint density at radius 1 is 0.429 bits per heavy atom. The van der Waals surface area contributed by atoms with E-state index in [1.54, 1.807) is 0 Å².